The molecule has 0 aromatic carbocycles. The minimum absolute atomic E-state index is 0.168. The van der Waals surface area contributed by atoms with Crippen LogP contribution in [0.5, 0.6) is 0 Å². The van der Waals surface area contributed by atoms with Crippen molar-refractivity contribution >= 4 is 11.8 Å². The summed E-state index contributed by atoms with van der Waals surface area (Å²) in [6.45, 7) is 6.26. The molecule has 4 nitrogen and oxygen atoms in total. The van der Waals surface area contributed by atoms with Gasteiger partial charge in [0.2, 0.25) is 0 Å². The first kappa shape index (κ1) is 12.1. The zero-order valence-corrected chi connectivity index (χ0v) is 10.7. The van der Waals surface area contributed by atoms with Gasteiger partial charge in [0.1, 0.15) is 11.6 Å². The Kier molecular flexibility index (Phi) is 2.98. The van der Waals surface area contributed by atoms with Crippen molar-refractivity contribution in [1.29, 1.82) is 0 Å². The molecule has 2 aliphatic heterocycles. The van der Waals surface area contributed by atoms with E-state index in [1.54, 1.807) is 6.08 Å². The molecule has 94 valence electrons. The summed E-state index contributed by atoms with van der Waals surface area (Å²) < 4.78 is 5.40. The fraction of sp³-hybridized carbons (Fsp3) is 0.692. The third-order valence-corrected chi connectivity index (χ3v) is 3.02. The van der Waals surface area contributed by atoms with Gasteiger partial charge in [-0.15, -0.1) is 0 Å². The van der Waals surface area contributed by atoms with Gasteiger partial charge in [-0.1, -0.05) is 0 Å². The van der Waals surface area contributed by atoms with Crippen molar-refractivity contribution in [3.63, 3.8) is 0 Å². The second-order valence-electron chi connectivity index (χ2n) is 5.63. The van der Waals surface area contributed by atoms with Gasteiger partial charge in [0.25, 0.3) is 0 Å². The van der Waals surface area contributed by atoms with Crippen LogP contribution >= 0.6 is 0 Å². The van der Waals surface area contributed by atoms with Crippen LogP contribution in [-0.4, -0.2) is 34.8 Å². The number of allylic oxidation sites excluding steroid dienone is 2. The second-order valence-corrected chi connectivity index (χ2v) is 5.63. The number of ketones is 1. The smallest absolute Gasteiger partial charge is 0.329 e. The summed E-state index contributed by atoms with van der Waals surface area (Å²) >= 11 is 0. The summed E-state index contributed by atoms with van der Waals surface area (Å²) in [4.78, 5) is 25.3. The SMILES string of the molecule is CC(C)(C)OC(=O)C1CCC2=CC(=O)CCN21. The lowest BCUT2D eigenvalue weighted by atomic mass is 10.1. The van der Waals surface area contributed by atoms with E-state index in [9.17, 15) is 9.59 Å². The summed E-state index contributed by atoms with van der Waals surface area (Å²) in [5, 5.41) is 0. The van der Waals surface area contributed by atoms with Crippen molar-refractivity contribution in [1.82, 2.24) is 4.90 Å². The van der Waals surface area contributed by atoms with Gasteiger partial charge in [-0.25, -0.2) is 4.79 Å². The van der Waals surface area contributed by atoms with E-state index in [1.807, 2.05) is 25.7 Å². The molecular weight excluding hydrogens is 218 g/mol. The van der Waals surface area contributed by atoms with Gasteiger partial charge in [-0.3, -0.25) is 4.79 Å². The van der Waals surface area contributed by atoms with Crippen LogP contribution in [0.3, 0.4) is 0 Å². The van der Waals surface area contributed by atoms with E-state index < -0.39 is 5.60 Å². The lowest BCUT2D eigenvalue weighted by Gasteiger charge is -2.30. The molecule has 17 heavy (non-hydrogen) atoms. The van der Waals surface area contributed by atoms with Gasteiger partial charge in [0.15, 0.2) is 5.78 Å². The molecular formula is C13H19NO3. The quantitative estimate of drug-likeness (QED) is 0.651. The molecule has 1 saturated heterocycles. The molecule has 2 rings (SSSR count). The van der Waals surface area contributed by atoms with Crippen LogP contribution in [0.4, 0.5) is 0 Å². The van der Waals surface area contributed by atoms with Crippen molar-refractivity contribution < 1.29 is 14.3 Å². The topological polar surface area (TPSA) is 46.6 Å². The first-order valence-electron chi connectivity index (χ1n) is 6.10. The maximum absolute atomic E-state index is 12.0. The van der Waals surface area contributed by atoms with E-state index >= 15 is 0 Å². The zero-order valence-electron chi connectivity index (χ0n) is 10.7. The van der Waals surface area contributed by atoms with Crippen molar-refractivity contribution in [3.8, 4) is 0 Å². The van der Waals surface area contributed by atoms with Crippen molar-refractivity contribution in [3.05, 3.63) is 11.8 Å². The lowest BCUT2D eigenvalue weighted by Crippen LogP contribution is -2.41. The fourth-order valence-corrected chi connectivity index (χ4v) is 2.34. The molecule has 0 amide bonds. The molecule has 0 aromatic rings. The molecule has 0 N–H and O–H groups in total. The van der Waals surface area contributed by atoms with Crippen LogP contribution in [0.25, 0.3) is 0 Å². The fourth-order valence-electron chi connectivity index (χ4n) is 2.34. The Morgan fingerprint density at radius 1 is 1.41 bits per heavy atom. The Morgan fingerprint density at radius 3 is 2.76 bits per heavy atom. The van der Waals surface area contributed by atoms with Gasteiger partial charge in [0.05, 0.1) is 0 Å². The molecule has 0 radical (unpaired) electrons. The van der Waals surface area contributed by atoms with Crippen LogP contribution < -0.4 is 0 Å². The predicted octanol–water partition coefficient (Wildman–Crippen LogP) is 1.65. The number of carbonyl (C=O) groups is 2. The van der Waals surface area contributed by atoms with E-state index in [0.717, 1.165) is 18.5 Å². The molecule has 4 heteroatoms. The van der Waals surface area contributed by atoms with Crippen molar-refractivity contribution in [2.45, 2.75) is 51.7 Å². The first-order chi connectivity index (χ1) is 7.87. The summed E-state index contributed by atoms with van der Waals surface area (Å²) in [6, 6.07) is -0.200. The Morgan fingerprint density at radius 2 is 2.12 bits per heavy atom. The Hall–Kier alpha value is -1.32. The van der Waals surface area contributed by atoms with Crippen LogP contribution in [0.1, 0.15) is 40.0 Å². The van der Waals surface area contributed by atoms with E-state index in [0.29, 0.717) is 13.0 Å². The number of hydrogen-bond acceptors (Lipinski definition) is 4. The summed E-state index contributed by atoms with van der Waals surface area (Å²) in [5.41, 5.74) is 0.548. The highest BCUT2D eigenvalue weighted by atomic mass is 16.6. The third-order valence-electron chi connectivity index (χ3n) is 3.02. The average molecular weight is 237 g/mol. The van der Waals surface area contributed by atoms with E-state index in [2.05, 4.69) is 0 Å². The largest absolute Gasteiger partial charge is 0.458 e. The van der Waals surface area contributed by atoms with Crippen molar-refractivity contribution in [2.24, 2.45) is 0 Å². The zero-order chi connectivity index (χ0) is 12.6. The minimum atomic E-state index is -0.449. The number of esters is 1. The number of carbonyl (C=O) groups excluding carboxylic acids is 2. The highest BCUT2D eigenvalue weighted by Crippen LogP contribution is 2.31. The summed E-state index contributed by atoms with van der Waals surface area (Å²) in [5.74, 6) is -0.00339. The van der Waals surface area contributed by atoms with Gasteiger partial charge in [-0.05, 0) is 33.6 Å². The van der Waals surface area contributed by atoms with E-state index in [4.69, 9.17) is 4.74 Å². The number of nitrogens with zero attached hydrogens (tertiary/aromatic N) is 1. The number of fused-ring (bicyclic) bond motifs is 1. The molecule has 0 spiro atoms. The molecule has 0 bridgehead atoms. The van der Waals surface area contributed by atoms with Gasteiger partial charge in [0, 0.05) is 24.7 Å². The Labute approximate surface area is 102 Å². The molecule has 2 aliphatic rings. The monoisotopic (exact) mass is 237 g/mol. The molecule has 1 atom stereocenters. The number of rotatable bonds is 1. The van der Waals surface area contributed by atoms with Crippen LogP contribution in [0.2, 0.25) is 0 Å². The molecule has 0 aliphatic carbocycles. The molecule has 0 saturated carbocycles. The maximum atomic E-state index is 12.0. The van der Waals surface area contributed by atoms with Gasteiger partial charge in [-0.2, -0.15) is 0 Å². The van der Waals surface area contributed by atoms with Crippen LogP contribution in [0, 0.1) is 0 Å². The highest BCUT2D eigenvalue weighted by Gasteiger charge is 2.37. The second kappa shape index (κ2) is 4.17. The number of ether oxygens (including phenoxy) is 1. The minimum Gasteiger partial charge on any atom is -0.458 e. The lowest BCUT2D eigenvalue weighted by molar-refractivity contribution is -0.160. The standard InChI is InChI=1S/C13H19NO3/c1-13(2,3)17-12(16)11-5-4-9-8-10(15)6-7-14(9)11/h8,11H,4-7H2,1-3H3. The maximum Gasteiger partial charge on any atom is 0.329 e. The van der Waals surface area contributed by atoms with Crippen LogP contribution in [0.15, 0.2) is 11.8 Å². The molecule has 1 fully saturated rings. The summed E-state index contributed by atoms with van der Waals surface area (Å²) in [6.07, 6.45) is 3.74. The summed E-state index contributed by atoms with van der Waals surface area (Å²) in [7, 11) is 0. The predicted molar refractivity (Wildman–Crippen MR) is 63.3 cm³/mol. The normalized spacial score (nSPS) is 24.4. The molecule has 0 aromatic heterocycles. The Bertz CT molecular complexity index is 379. The molecule has 1 unspecified atom stereocenters. The van der Waals surface area contributed by atoms with Crippen molar-refractivity contribution in [2.75, 3.05) is 6.54 Å². The van der Waals surface area contributed by atoms with E-state index in [-0.39, 0.29) is 17.8 Å². The average Bonchev–Trinajstić information content (AvgIpc) is 2.57. The third kappa shape index (κ3) is 2.68. The molecule has 2 heterocycles. The Balaban J connectivity index is 2.07. The van der Waals surface area contributed by atoms with E-state index in [1.165, 1.54) is 0 Å². The first-order valence-corrected chi connectivity index (χ1v) is 6.10. The highest BCUT2D eigenvalue weighted by molar-refractivity contribution is 5.92. The van der Waals surface area contributed by atoms with Gasteiger partial charge >= 0.3 is 5.97 Å². The van der Waals surface area contributed by atoms with Gasteiger partial charge < -0.3 is 9.64 Å². The van der Waals surface area contributed by atoms with Crippen LogP contribution in [-0.2, 0) is 14.3 Å². The number of hydrogen-bond donors (Lipinski definition) is 0.